The third-order valence-corrected chi connectivity index (χ3v) is 5.05. The molecule has 5 heteroatoms. The maximum atomic E-state index is 4.70. The number of para-hydroxylation sites is 2. The van der Waals surface area contributed by atoms with E-state index in [0.29, 0.717) is 12.0 Å². The molecule has 0 radical (unpaired) electrons. The van der Waals surface area contributed by atoms with E-state index in [0.717, 1.165) is 22.8 Å². The lowest BCUT2D eigenvalue weighted by molar-refractivity contribution is 0.327. The SMILES string of the molecule is CC(Nc1nccc(-n2cnc3ccccc32)n1)C1CCCCC1. The molecule has 1 aliphatic rings. The smallest absolute Gasteiger partial charge is 0.224 e. The van der Waals surface area contributed by atoms with Gasteiger partial charge < -0.3 is 5.32 Å². The van der Waals surface area contributed by atoms with Gasteiger partial charge >= 0.3 is 0 Å². The van der Waals surface area contributed by atoms with Crippen LogP contribution in [0.2, 0.25) is 0 Å². The van der Waals surface area contributed by atoms with Gasteiger partial charge in [0.15, 0.2) is 0 Å². The van der Waals surface area contributed by atoms with E-state index in [9.17, 15) is 0 Å². The van der Waals surface area contributed by atoms with E-state index in [1.165, 1.54) is 32.1 Å². The molecule has 1 unspecified atom stereocenters. The van der Waals surface area contributed by atoms with Crippen LogP contribution in [0.4, 0.5) is 5.95 Å². The molecule has 1 saturated carbocycles. The molecule has 1 aliphatic carbocycles. The minimum Gasteiger partial charge on any atom is -0.351 e. The van der Waals surface area contributed by atoms with Gasteiger partial charge in [-0.25, -0.2) is 9.97 Å². The monoisotopic (exact) mass is 321 g/mol. The first kappa shape index (κ1) is 15.1. The Hall–Kier alpha value is -2.43. The van der Waals surface area contributed by atoms with E-state index in [1.54, 1.807) is 0 Å². The summed E-state index contributed by atoms with van der Waals surface area (Å²) in [6.07, 6.45) is 10.3. The number of nitrogens with zero attached hydrogens (tertiary/aromatic N) is 4. The van der Waals surface area contributed by atoms with Crippen LogP contribution in [0.1, 0.15) is 39.0 Å². The largest absolute Gasteiger partial charge is 0.351 e. The fourth-order valence-electron chi connectivity index (χ4n) is 3.65. The van der Waals surface area contributed by atoms with Gasteiger partial charge in [0.05, 0.1) is 11.0 Å². The second-order valence-electron chi connectivity index (χ2n) is 6.67. The van der Waals surface area contributed by atoms with E-state index >= 15 is 0 Å². The zero-order chi connectivity index (χ0) is 16.4. The number of benzene rings is 1. The van der Waals surface area contributed by atoms with Crippen LogP contribution in [-0.4, -0.2) is 25.6 Å². The predicted octanol–water partition coefficient (Wildman–Crippen LogP) is 4.20. The molecule has 0 spiro atoms. The highest BCUT2D eigenvalue weighted by molar-refractivity contribution is 5.76. The van der Waals surface area contributed by atoms with Crippen LogP contribution < -0.4 is 5.32 Å². The number of hydrogen-bond donors (Lipinski definition) is 1. The molecule has 124 valence electrons. The molecule has 0 bridgehead atoms. The molecule has 1 fully saturated rings. The van der Waals surface area contributed by atoms with E-state index < -0.39 is 0 Å². The molecule has 2 aromatic heterocycles. The molecule has 1 aromatic carbocycles. The summed E-state index contributed by atoms with van der Waals surface area (Å²) in [6.45, 7) is 2.25. The van der Waals surface area contributed by atoms with Gasteiger partial charge in [0.2, 0.25) is 5.95 Å². The van der Waals surface area contributed by atoms with Crippen molar-refractivity contribution in [3.8, 4) is 5.82 Å². The van der Waals surface area contributed by atoms with Crippen molar-refractivity contribution >= 4 is 17.0 Å². The first-order valence-electron chi connectivity index (χ1n) is 8.83. The number of anilines is 1. The third kappa shape index (κ3) is 2.98. The Labute approximate surface area is 142 Å². The summed E-state index contributed by atoms with van der Waals surface area (Å²) in [5.74, 6) is 2.26. The Morgan fingerprint density at radius 3 is 2.79 bits per heavy atom. The Kier molecular flexibility index (Phi) is 4.15. The van der Waals surface area contributed by atoms with Crippen molar-refractivity contribution in [3.05, 3.63) is 42.9 Å². The molecule has 0 saturated heterocycles. The van der Waals surface area contributed by atoms with Crippen molar-refractivity contribution in [2.75, 3.05) is 5.32 Å². The summed E-state index contributed by atoms with van der Waals surface area (Å²) in [4.78, 5) is 13.6. The van der Waals surface area contributed by atoms with Crippen molar-refractivity contribution in [1.82, 2.24) is 19.5 Å². The molecule has 1 atom stereocenters. The Morgan fingerprint density at radius 1 is 1.08 bits per heavy atom. The molecular weight excluding hydrogens is 298 g/mol. The van der Waals surface area contributed by atoms with Gasteiger partial charge in [0.25, 0.3) is 0 Å². The maximum absolute atomic E-state index is 4.70. The average molecular weight is 321 g/mol. The van der Waals surface area contributed by atoms with Crippen LogP contribution in [0.5, 0.6) is 0 Å². The van der Waals surface area contributed by atoms with E-state index in [2.05, 4.69) is 28.3 Å². The van der Waals surface area contributed by atoms with Gasteiger partial charge in [-0.05, 0) is 43.9 Å². The van der Waals surface area contributed by atoms with E-state index in [1.807, 2.05) is 41.4 Å². The zero-order valence-corrected chi connectivity index (χ0v) is 14.0. The van der Waals surface area contributed by atoms with Crippen molar-refractivity contribution in [3.63, 3.8) is 0 Å². The second kappa shape index (κ2) is 6.59. The van der Waals surface area contributed by atoms with Gasteiger partial charge in [-0.3, -0.25) is 4.57 Å². The molecule has 2 heterocycles. The summed E-state index contributed by atoms with van der Waals surface area (Å²) >= 11 is 0. The first-order chi connectivity index (χ1) is 11.8. The van der Waals surface area contributed by atoms with Crippen LogP contribution in [0.3, 0.4) is 0 Å². The lowest BCUT2D eigenvalue weighted by Gasteiger charge is -2.28. The molecule has 0 aliphatic heterocycles. The van der Waals surface area contributed by atoms with Gasteiger partial charge in [-0.2, -0.15) is 4.98 Å². The maximum Gasteiger partial charge on any atom is 0.224 e. The Bertz CT molecular complexity index is 819. The summed E-state index contributed by atoms with van der Waals surface area (Å²) in [5.41, 5.74) is 2.03. The predicted molar refractivity (Wildman–Crippen MR) is 96.3 cm³/mol. The van der Waals surface area contributed by atoms with Gasteiger partial charge in [-0.15, -0.1) is 0 Å². The first-order valence-corrected chi connectivity index (χ1v) is 8.83. The number of fused-ring (bicyclic) bond motifs is 1. The summed E-state index contributed by atoms with van der Waals surface area (Å²) in [7, 11) is 0. The summed E-state index contributed by atoms with van der Waals surface area (Å²) in [6, 6.07) is 10.4. The Balaban J connectivity index is 1.57. The molecular formula is C19H23N5. The number of rotatable bonds is 4. The quantitative estimate of drug-likeness (QED) is 0.782. The lowest BCUT2D eigenvalue weighted by atomic mass is 9.85. The molecule has 4 rings (SSSR count). The van der Waals surface area contributed by atoms with Crippen LogP contribution >= 0.6 is 0 Å². The number of nitrogens with one attached hydrogen (secondary N) is 1. The topological polar surface area (TPSA) is 55.6 Å². The van der Waals surface area contributed by atoms with Crippen LogP contribution in [-0.2, 0) is 0 Å². The fourth-order valence-corrected chi connectivity index (χ4v) is 3.65. The number of aromatic nitrogens is 4. The van der Waals surface area contributed by atoms with Gasteiger partial charge in [0, 0.05) is 12.2 Å². The van der Waals surface area contributed by atoms with E-state index in [-0.39, 0.29) is 0 Å². The Morgan fingerprint density at radius 2 is 1.92 bits per heavy atom. The van der Waals surface area contributed by atoms with Crippen molar-refractivity contribution < 1.29 is 0 Å². The highest BCUT2D eigenvalue weighted by atomic mass is 15.2. The highest BCUT2D eigenvalue weighted by Crippen LogP contribution is 2.27. The second-order valence-corrected chi connectivity index (χ2v) is 6.67. The minimum absolute atomic E-state index is 0.403. The van der Waals surface area contributed by atoms with Crippen molar-refractivity contribution in [2.24, 2.45) is 5.92 Å². The summed E-state index contributed by atoms with van der Waals surface area (Å²) < 4.78 is 2.01. The van der Waals surface area contributed by atoms with Gasteiger partial charge in [-0.1, -0.05) is 31.4 Å². The van der Waals surface area contributed by atoms with E-state index in [4.69, 9.17) is 4.98 Å². The van der Waals surface area contributed by atoms with Crippen LogP contribution in [0, 0.1) is 5.92 Å². The van der Waals surface area contributed by atoms with Gasteiger partial charge in [0.1, 0.15) is 12.1 Å². The van der Waals surface area contributed by atoms with Crippen molar-refractivity contribution in [2.45, 2.75) is 45.1 Å². The molecule has 1 N–H and O–H groups in total. The third-order valence-electron chi connectivity index (χ3n) is 5.05. The van der Waals surface area contributed by atoms with Crippen molar-refractivity contribution in [1.29, 1.82) is 0 Å². The van der Waals surface area contributed by atoms with Crippen LogP contribution in [0.15, 0.2) is 42.9 Å². The average Bonchev–Trinajstić information content (AvgIpc) is 3.07. The molecule has 24 heavy (non-hydrogen) atoms. The summed E-state index contributed by atoms with van der Waals surface area (Å²) in [5, 5.41) is 3.51. The highest BCUT2D eigenvalue weighted by Gasteiger charge is 2.20. The number of hydrogen-bond acceptors (Lipinski definition) is 4. The standard InChI is InChI=1S/C19H23N5/c1-14(15-7-3-2-4-8-15)22-19-20-12-11-18(23-19)24-13-21-16-9-5-6-10-17(16)24/h5-6,9-15H,2-4,7-8H2,1H3,(H,20,22,23). The number of imidazole rings is 1. The minimum atomic E-state index is 0.403. The lowest BCUT2D eigenvalue weighted by Crippen LogP contribution is -2.28. The molecule has 5 nitrogen and oxygen atoms in total. The molecule has 0 amide bonds. The zero-order valence-electron chi connectivity index (χ0n) is 14.0. The fraction of sp³-hybridized carbons (Fsp3) is 0.421. The normalized spacial score (nSPS) is 17.0. The molecule has 3 aromatic rings. The van der Waals surface area contributed by atoms with Crippen LogP contribution in [0.25, 0.3) is 16.9 Å².